The minimum Gasteiger partial charge on any atom is -0.471 e. The molecule has 4 aromatic rings. The predicted octanol–water partition coefficient (Wildman–Crippen LogP) is 3.10. The van der Waals surface area contributed by atoms with E-state index < -0.39 is 0 Å². The van der Waals surface area contributed by atoms with Gasteiger partial charge in [0.15, 0.2) is 11.2 Å². The van der Waals surface area contributed by atoms with Crippen molar-refractivity contribution in [2.24, 2.45) is 0 Å². The van der Waals surface area contributed by atoms with Crippen LogP contribution in [0, 0.1) is 6.92 Å². The zero-order valence-electron chi connectivity index (χ0n) is 13.1. The Balaban J connectivity index is 1.70. The van der Waals surface area contributed by atoms with E-state index in [9.17, 15) is 0 Å². The van der Waals surface area contributed by atoms with Crippen LogP contribution in [0.2, 0.25) is 0 Å². The Morgan fingerprint density at radius 1 is 0.958 bits per heavy atom. The van der Waals surface area contributed by atoms with Gasteiger partial charge in [-0.05, 0) is 24.1 Å². The highest BCUT2D eigenvalue weighted by molar-refractivity contribution is 5.77. The molecule has 3 heterocycles. The van der Waals surface area contributed by atoms with Crippen molar-refractivity contribution in [2.75, 3.05) is 0 Å². The van der Waals surface area contributed by atoms with Gasteiger partial charge in [-0.25, -0.2) is 15.0 Å². The molecule has 6 nitrogen and oxygen atoms in total. The summed E-state index contributed by atoms with van der Waals surface area (Å²) in [4.78, 5) is 17.4. The highest BCUT2D eigenvalue weighted by Crippen LogP contribution is 2.23. The number of aromatic nitrogens is 5. The molecule has 0 aliphatic carbocycles. The summed E-state index contributed by atoms with van der Waals surface area (Å²) < 4.78 is 7.69. The van der Waals surface area contributed by atoms with Gasteiger partial charge in [0.05, 0.1) is 0 Å². The van der Waals surface area contributed by atoms with Crippen molar-refractivity contribution in [1.29, 1.82) is 0 Å². The van der Waals surface area contributed by atoms with E-state index in [4.69, 9.17) is 4.74 Å². The van der Waals surface area contributed by atoms with Crippen LogP contribution in [-0.4, -0.2) is 24.5 Å². The standard InChI is InChI=1S/C18H15N5O/c1-13-6-5-9-19-16(13)23-12-22-15-17(23)20-11-21-18(15)24-10-14-7-3-2-4-8-14/h2-9,11-12H,10H2,1H3. The Bertz CT molecular complexity index is 981. The summed E-state index contributed by atoms with van der Waals surface area (Å²) in [6.45, 7) is 2.44. The van der Waals surface area contributed by atoms with Crippen molar-refractivity contribution in [3.63, 3.8) is 0 Å². The fraction of sp³-hybridized carbons (Fsp3) is 0.111. The number of imidazole rings is 1. The second-order valence-electron chi connectivity index (χ2n) is 5.38. The fourth-order valence-electron chi connectivity index (χ4n) is 2.53. The van der Waals surface area contributed by atoms with Crippen LogP contribution in [0.15, 0.2) is 61.3 Å². The summed E-state index contributed by atoms with van der Waals surface area (Å²) in [7, 11) is 0. The van der Waals surface area contributed by atoms with Gasteiger partial charge in [-0.2, -0.15) is 4.98 Å². The van der Waals surface area contributed by atoms with E-state index in [0.717, 1.165) is 16.9 Å². The number of hydrogen-bond acceptors (Lipinski definition) is 5. The third-order valence-electron chi connectivity index (χ3n) is 3.73. The number of pyridine rings is 1. The summed E-state index contributed by atoms with van der Waals surface area (Å²) in [5, 5.41) is 0. The maximum absolute atomic E-state index is 5.84. The molecule has 0 radical (unpaired) electrons. The summed E-state index contributed by atoms with van der Waals surface area (Å²) in [5.74, 6) is 1.27. The molecular formula is C18H15N5O. The Morgan fingerprint density at radius 2 is 1.83 bits per heavy atom. The molecule has 0 saturated heterocycles. The first-order chi connectivity index (χ1) is 11.8. The summed E-state index contributed by atoms with van der Waals surface area (Å²) in [6, 6.07) is 13.9. The van der Waals surface area contributed by atoms with Crippen molar-refractivity contribution in [1.82, 2.24) is 24.5 Å². The molecule has 0 spiro atoms. The lowest BCUT2D eigenvalue weighted by atomic mass is 10.2. The Kier molecular flexibility index (Phi) is 3.63. The second kappa shape index (κ2) is 6.08. The normalized spacial score (nSPS) is 10.9. The highest BCUT2D eigenvalue weighted by Gasteiger charge is 2.14. The summed E-state index contributed by atoms with van der Waals surface area (Å²) in [5.41, 5.74) is 3.42. The molecule has 3 aromatic heterocycles. The average Bonchev–Trinajstić information content (AvgIpc) is 3.06. The van der Waals surface area contributed by atoms with Crippen LogP contribution < -0.4 is 4.74 Å². The van der Waals surface area contributed by atoms with Gasteiger partial charge in [0, 0.05) is 6.20 Å². The van der Waals surface area contributed by atoms with E-state index in [0.29, 0.717) is 23.7 Å². The first-order valence-electron chi connectivity index (χ1n) is 7.60. The van der Waals surface area contributed by atoms with Gasteiger partial charge in [-0.15, -0.1) is 0 Å². The van der Waals surface area contributed by atoms with Crippen molar-refractivity contribution in [3.05, 3.63) is 72.4 Å². The predicted molar refractivity (Wildman–Crippen MR) is 90.0 cm³/mol. The van der Waals surface area contributed by atoms with E-state index in [1.54, 1.807) is 12.5 Å². The second-order valence-corrected chi connectivity index (χ2v) is 5.38. The molecule has 118 valence electrons. The zero-order valence-corrected chi connectivity index (χ0v) is 13.1. The lowest BCUT2D eigenvalue weighted by molar-refractivity contribution is 0.297. The largest absolute Gasteiger partial charge is 0.471 e. The lowest BCUT2D eigenvalue weighted by Gasteiger charge is -2.07. The molecule has 0 aliphatic heterocycles. The summed E-state index contributed by atoms with van der Waals surface area (Å²) in [6.07, 6.45) is 4.94. The molecule has 24 heavy (non-hydrogen) atoms. The Labute approximate surface area is 138 Å². The van der Waals surface area contributed by atoms with E-state index in [-0.39, 0.29) is 0 Å². The minimum atomic E-state index is 0.433. The monoisotopic (exact) mass is 317 g/mol. The van der Waals surface area contributed by atoms with E-state index in [1.807, 2.05) is 54.0 Å². The Morgan fingerprint density at radius 3 is 2.67 bits per heavy atom. The first kappa shape index (κ1) is 14.3. The van der Waals surface area contributed by atoms with Crippen LogP contribution >= 0.6 is 0 Å². The number of fused-ring (bicyclic) bond motifs is 1. The van der Waals surface area contributed by atoms with E-state index in [2.05, 4.69) is 19.9 Å². The quantitative estimate of drug-likeness (QED) is 0.578. The van der Waals surface area contributed by atoms with Crippen LogP contribution in [0.5, 0.6) is 5.88 Å². The van der Waals surface area contributed by atoms with Gasteiger partial charge in [0.2, 0.25) is 5.88 Å². The molecule has 0 aliphatic rings. The number of hydrogen-bond donors (Lipinski definition) is 0. The number of benzene rings is 1. The fourth-order valence-corrected chi connectivity index (χ4v) is 2.53. The third-order valence-corrected chi connectivity index (χ3v) is 3.73. The molecule has 0 amide bonds. The van der Waals surface area contributed by atoms with Crippen molar-refractivity contribution >= 4 is 11.2 Å². The molecule has 1 aromatic carbocycles. The van der Waals surface area contributed by atoms with Gasteiger partial charge in [-0.1, -0.05) is 36.4 Å². The lowest BCUT2D eigenvalue weighted by Crippen LogP contribution is -2.01. The number of nitrogens with zero attached hydrogens (tertiary/aromatic N) is 5. The molecule has 0 fully saturated rings. The topological polar surface area (TPSA) is 65.7 Å². The molecule has 4 rings (SSSR count). The van der Waals surface area contributed by atoms with E-state index >= 15 is 0 Å². The van der Waals surface area contributed by atoms with E-state index in [1.165, 1.54) is 6.33 Å². The third kappa shape index (κ3) is 2.58. The molecule has 0 saturated carbocycles. The number of rotatable bonds is 4. The van der Waals surface area contributed by atoms with Crippen molar-refractivity contribution in [2.45, 2.75) is 13.5 Å². The van der Waals surface area contributed by atoms with Crippen LogP contribution in [0.25, 0.3) is 17.0 Å². The molecular weight excluding hydrogens is 302 g/mol. The summed E-state index contributed by atoms with van der Waals surface area (Å²) >= 11 is 0. The van der Waals surface area contributed by atoms with Crippen LogP contribution in [-0.2, 0) is 6.61 Å². The maximum atomic E-state index is 5.84. The first-order valence-corrected chi connectivity index (χ1v) is 7.60. The average molecular weight is 317 g/mol. The molecule has 0 atom stereocenters. The van der Waals surface area contributed by atoms with Gasteiger partial charge >= 0.3 is 0 Å². The molecule has 0 unspecified atom stereocenters. The van der Waals surface area contributed by atoms with Gasteiger partial charge in [-0.3, -0.25) is 4.57 Å². The minimum absolute atomic E-state index is 0.433. The van der Waals surface area contributed by atoms with Crippen molar-refractivity contribution < 1.29 is 4.74 Å². The van der Waals surface area contributed by atoms with Crippen LogP contribution in [0.1, 0.15) is 11.1 Å². The Hall–Kier alpha value is -3.28. The van der Waals surface area contributed by atoms with Crippen molar-refractivity contribution in [3.8, 4) is 11.7 Å². The van der Waals surface area contributed by atoms with Crippen LogP contribution in [0.4, 0.5) is 0 Å². The smallest absolute Gasteiger partial charge is 0.245 e. The van der Waals surface area contributed by atoms with Gasteiger partial charge in [0.1, 0.15) is 25.1 Å². The number of ether oxygens (including phenoxy) is 1. The molecule has 6 heteroatoms. The van der Waals surface area contributed by atoms with Gasteiger partial charge in [0.25, 0.3) is 0 Å². The van der Waals surface area contributed by atoms with Crippen LogP contribution in [0.3, 0.4) is 0 Å². The zero-order chi connectivity index (χ0) is 16.4. The number of aryl methyl sites for hydroxylation is 1. The molecule has 0 bridgehead atoms. The SMILES string of the molecule is Cc1cccnc1-n1cnc2c(OCc3ccccc3)ncnc21. The van der Waals surface area contributed by atoms with Gasteiger partial charge < -0.3 is 4.74 Å². The highest BCUT2D eigenvalue weighted by atomic mass is 16.5. The molecule has 0 N–H and O–H groups in total. The maximum Gasteiger partial charge on any atom is 0.245 e.